The van der Waals surface area contributed by atoms with E-state index in [-0.39, 0.29) is 5.91 Å². The summed E-state index contributed by atoms with van der Waals surface area (Å²) >= 11 is 0. The number of unbranched alkanes of at least 4 members (excludes halogenated alkanes) is 3. The Balaban J connectivity index is 2.00. The van der Waals surface area contributed by atoms with Crippen molar-refractivity contribution in [3.63, 3.8) is 0 Å². The zero-order valence-electron chi connectivity index (χ0n) is 18.3. The molecular formula is C26H32N2O2. The Morgan fingerprint density at radius 2 is 1.70 bits per heavy atom. The van der Waals surface area contributed by atoms with Crippen LogP contribution in [0.25, 0.3) is 16.9 Å². The Hall–Kier alpha value is -3.01. The van der Waals surface area contributed by atoms with Crippen LogP contribution in [0.2, 0.25) is 0 Å². The number of nitrogens with one attached hydrogen (secondary N) is 1. The van der Waals surface area contributed by atoms with Gasteiger partial charge in [0.05, 0.1) is 23.6 Å². The molecule has 1 N–H and O–H groups in total. The fourth-order valence-corrected chi connectivity index (χ4v) is 3.74. The van der Waals surface area contributed by atoms with Gasteiger partial charge in [0, 0.05) is 12.2 Å². The predicted octanol–water partition coefficient (Wildman–Crippen LogP) is 6.16. The first-order valence-corrected chi connectivity index (χ1v) is 11.0. The lowest BCUT2D eigenvalue weighted by Gasteiger charge is -2.16. The van der Waals surface area contributed by atoms with Gasteiger partial charge in [0.15, 0.2) is 0 Å². The Labute approximate surface area is 179 Å². The fourth-order valence-electron chi connectivity index (χ4n) is 3.74. The van der Waals surface area contributed by atoms with Gasteiger partial charge >= 0.3 is 0 Å². The van der Waals surface area contributed by atoms with E-state index in [1.54, 1.807) is 0 Å². The van der Waals surface area contributed by atoms with E-state index >= 15 is 0 Å². The molecule has 30 heavy (non-hydrogen) atoms. The third kappa shape index (κ3) is 4.93. The lowest BCUT2D eigenvalue weighted by molar-refractivity contribution is 0.0952. The van der Waals surface area contributed by atoms with Crippen LogP contribution >= 0.6 is 0 Å². The first-order chi connectivity index (χ1) is 14.7. The summed E-state index contributed by atoms with van der Waals surface area (Å²) in [4.78, 5) is 13.0. The Bertz CT molecular complexity index is 960. The molecule has 0 saturated heterocycles. The van der Waals surface area contributed by atoms with Gasteiger partial charge in [-0.3, -0.25) is 4.79 Å². The van der Waals surface area contributed by atoms with E-state index in [4.69, 9.17) is 4.74 Å². The van der Waals surface area contributed by atoms with Crippen molar-refractivity contribution in [2.24, 2.45) is 0 Å². The third-order valence-corrected chi connectivity index (χ3v) is 5.28. The minimum atomic E-state index is -0.0196. The van der Waals surface area contributed by atoms with E-state index in [1.807, 2.05) is 62.4 Å². The van der Waals surface area contributed by atoms with E-state index in [1.165, 1.54) is 12.8 Å². The van der Waals surface area contributed by atoms with Crippen LogP contribution in [0, 0.1) is 6.92 Å². The lowest BCUT2D eigenvalue weighted by atomic mass is 10.1. The van der Waals surface area contributed by atoms with Crippen molar-refractivity contribution in [3.8, 4) is 22.7 Å². The molecule has 0 aliphatic heterocycles. The monoisotopic (exact) mass is 404 g/mol. The van der Waals surface area contributed by atoms with Gasteiger partial charge in [-0.1, -0.05) is 68.7 Å². The minimum absolute atomic E-state index is 0.0196. The fraction of sp³-hybridized carbons (Fsp3) is 0.346. The van der Waals surface area contributed by atoms with Gasteiger partial charge in [-0.05, 0) is 44.0 Å². The van der Waals surface area contributed by atoms with Crippen molar-refractivity contribution in [2.45, 2.75) is 46.5 Å². The number of hydrogen-bond acceptors (Lipinski definition) is 2. The SMILES string of the molecule is CCCCCCNC(=O)c1cc(-c2ccccc2)n(-c2ccccc2OCC)c1C. The van der Waals surface area contributed by atoms with Crippen molar-refractivity contribution in [1.82, 2.24) is 9.88 Å². The second kappa shape index (κ2) is 10.7. The maximum Gasteiger partial charge on any atom is 0.253 e. The summed E-state index contributed by atoms with van der Waals surface area (Å²) in [7, 11) is 0. The second-order valence-corrected chi connectivity index (χ2v) is 7.45. The summed E-state index contributed by atoms with van der Waals surface area (Å²) in [6.07, 6.45) is 4.55. The Morgan fingerprint density at radius 1 is 0.967 bits per heavy atom. The van der Waals surface area contributed by atoms with Crippen LogP contribution in [0.3, 0.4) is 0 Å². The molecule has 0 fully saturated rings. The molecule has 2 aromatic carbocycles. The number of carbonyl (C=O) groups excluding carboxylic acids is 1. The largest absolute Gasteiger partial charge is 0.492 e. The Morgan fingerprint density at radius 3 is 2.43 bits per heavy atom. The number of nitrogens with zero attached hydrogens (tertiary/aromatic N) is 1. The molecule has 1 heterocycles. The van der Waals surface area contributed by atoms with Crippen molar-refractivity contribution >= 4 is 5.91 Å². The van der Waals surface area contributed by atoms with Crippen molar-refractivity contribution < 1.29 is 9.53 Å². The quantitative estimate of drug-likeness (QED) is 0.411. The van der Waals surface area contributed by atoms with E-state index in [9.17, 15) is 4.79 Å². The lowest BCUT2D eigenvalue weighted by Crippen LogP contribution is -2.24. The molecule has 4 nitrogen and oxygen atoms in total. The number of benzene rings is 2. The number of ether oxygens (including phenoxy) is 1. The first-order valence-electron chi connectivity index (χ1n) is 11.0. The molecule has 0 radical (unpaired) electrons. The van der Waals surface area contributed by atoms with E-state index in [0.29, 0.717) is 18.7 Å². The van der Waals surface area contributed by atoms with Gasteiger partial charge in [-0.25, -0.2) is 0 Å². The zero-order chi connectivity index (χ0) is 21.3. The van der Waals surface area contributed by atoms with Crippen LogP contribution in [0.1, 0.15) is 55.6 Å². The number of para-hydroxylation sites is 2. The second-order valence-electron chi connectivity index (χ2n) is 7.45. The third-order valence-electron chi connectivity index (χ3n) is 5.28. The highest BCUT2D eigenvalue weighted by Crippen LogP contribution is 2.33. The average molecular weight is 405 g/mol. The molecule has 0 bridgehead atoms. The van der Waals surface area contributed by atoms with Crippen LogP contribution in [0.5, 0.6) is 5.75 Å². The molecule has 0 unspecified atom stereocenters. The standard InChI is InChI=1S/C26H32N2O2/c1-4-6-7-13-18-27-26(29)22-19-24(21-14-9-8-10-15-21)28(20(22)3)23-16-11-12-17-25(23)30-5-2/h8-12,14-17,19H,4-7,13,18H2,1-3H3,(H,27,29). The summed E-state index contributed by atoms with van der Waals surface area (Å²) in [6.45, 7) is 7.47. The molecule has 158 valence electrons. The predicted molar refractivity (Wildman–Crippen MR) is 124 cm³/mol. The average Bonchev–Trinajstić information content (AvgIpc) is 3.12. The molecule has 3 rings (SSSR count). The van der Waals surface area contributed by atoms with Crippen LogP contribution in [-0.4, -0.2) is 23.6 Å². The van der Waals surface area contributed by atoms with E-state index in [0.717, 1.165) is 41.2 Å². The van der Waals surface area contributed by atoms with E-state index in [2.05, 4.69) is 28.9 Å². The van der Waals surface area contributed by atoms with Gasteiger partial charge in [-0.15, -0.1) is 0 Å². The summed E-state index contributed by atoms with van der Waals surface area (Å²) in [5, 5.41) is 3.10. The van der Waals surface area contributed by atoms with Gasteiger partial charge < -0.3 is 14.6 Å². The molecule has 0 spiro atoms. The molecule has 4 heteroatoms. The van der Waals surface area contributed by atoms with Crippen molar-refractivity contribution in [3.05, 3.63) is 71.9 Å². The van der Waals surface area contributed by atoms with Crippen molar-refractivity contribution in [1.29, 1.82) is 0 Å². The Kier molecular flexibility index (Phi) is 7.72. The summed E-state index contributed by atoms with van der Waals surface area (Å²) < 4.78 is 8.02. The molecule has 0 saturated carbocycles. The minimum Gasteiger partial charge on any atom is -0.492 e. The molecule has 3 aromatic rings. The smallest absolute Gasteiger partial charge is 0.253 e. The van der Waals surface area contributed by atoms with Crippen LogP contribution < -0.4 is 10.1 Å². The molecule has 1 aromatic heterocycles. The van der Waals surface area contributed by atoms with Gasteiger partial charge in [0.2, 0.25) is 0 Å². The number of hydrogen-bond donors (Lipinski definition) is 1. The highest BCUT2D eigenvalue weighted by molar-refractivity contribution is 5.97. The highest BCUT2D eigenvalue weighted by atomic mass is 16.5. The molecule has 1 amide bonds. The van der Waals surface area contributed by atoms with E-state index < -0.39 is 0 Å². The summed E-state index contributed by atoms with van der Waals surface area (Å²) in [6, 6.07) is 20.2. The number of rotatable bonds is 10. The van der Waals surface area contributed by atoms with Gasteiger partial charge in [0.25, 0.3) is 5.91 Å². The van der Waals surface area contributed by atoms with Crippen LogP contribution in [-0.2, 0) is 0 Å². The molecule has 0 atom stereocenters. The molecular weight excluding hydrogens is 372 g/mol. The number of amides is 1. The van der Waals surface area contributed by atoms with Gasteiger partial charge in [-0.2, -0.15) is 0 Å². The summed E-state index contributed by atoms with van der Waals surface area (Å²) in [5.74, 6) is 0.788. The van der Waals surface area contributed by atoms with Crippen molar-refractivity contribution in [2.75, 3.05) is 13.2 Å². The van der Waals surface area contributed by atoms with Gasteiger partial charge in [0.1, 0.15) is 5.75 Å². The topological polar surface area (TPSA) is 43.3 Å². The maximum atomic E-state index is 13.0. The normalized spacial score (nSPS) is 10.8. The van der Waals surface area contributed by atoms with Crippen LogP contribution in [0.4, 0.5) is 0 Å². The molecule has 0 aliphatic rings. The van der Waals surface area contributed by atoms with Crippen LogP contribution in [0.15, 0.2) is 60.7 Å². The first kappa shape index (κ1) is 21.7. The zero-order valence-corrected chi connectivity index (χ0v) is 18.3. The maximum absolute atomic E-state index is 13.0. The molecule has 0 aliphatic carbocycles. The number of carbonyl (C=O) groups is 1. The number of aromatic nitrogens is 1. The highest BCUT2D eigenvalue weighted by Gasteiger charge is 2.21. The summed E-state index contributed by atoms with van der Waals surface area (Å²) in [5.41, 5.74) is 4.60.